The molecule has 0 unspecified atom stereocenters. The first-order valence-corrected chi connectivity index (χ1v) is 6.85. The Balaban J connectivity index is 2.11. The quantitative estimate of drug-likeness (QED) is 0.699. The average Bonchev–Trinajstić information content (AvgIpc) is 2.26. The van der Waals surface area contributed by atoms with Gasteiger partial charge in [-0.05, 0) is 29.8 Å². The molecule has 0 aromatic heterocycles. The highest BCUT2D eigenvalue weighted by Gasteiger charge is 2.05. The summed E-state index contributed by atoms with van der Waals surface area (Å²) in [6, 6.07) is 7.99. The molecule has 0 heterocycles. The number of hydrogen-bond acceptors (Lipinski definition) is 1. The highest BCUT2D eigenvalue weighted by atomic mass is 79.9. The maximum atomic E-state index is 13.5. The molecule has 18 heavy (non-hydrogen) atoms. The van der Waals surface area contributed by atoms with Gasteiger partial charge in [0.15, 0.2) is 0 Å². The summed E-state index contributed by atoms with van der Waals surface area (Å²) in [6.07, 6.45) is 0. The zero-order valence-corrected chi connectivity index (χ0v) is 11.5. The first-order valence-electron chi connectivity index (χ1n) is 5.07. The van der Waals surface area contributed by atoms with E-state index in [1.54, 1.807) is 12.1 Å². The molecule has 2 aromatic carbocycles. The predicted octanol–water partition coefficient (Wildman–Crippen LogP) is 5.16. The minimum absolute atomic E-state index is 0.321. The second-order valence-corrected chi connectivity index (χ2v) is 5.59. The number of benzene rings is 2. The molecular formula is C13H8BrF3S. The van der Waals surface area contributed by atoms with Crippen LogP contribution in [0, 0.1) is 17.5 Å². The minimum atomic E-state index is -0.631. The molecule has 94 valence electrons. The van der Waals surface area contributed by atoms with E-state index in [-0.39, 0.29) is 5.82 Å². The van der Waals surface area contributed by atoms with E-state index in [0.29, 0.717) is 20.7 Å². The summed E-state index contributed by atoms with van der Waals surface area (Å²) in [6.45, 7) is 0. The van der Waals surface area contributed by atoms with Crippen molar-refractivity contribution in [2.75, 3.05) is 0 Å². The van der Waals surface area contributed by atoms with Gasteiger partial charge in [-0.25, -0.2) is 13.2 Å². The third-order valence-electron chi connectivity index (χ3n) is 2.25. The Hall–Kier alpha value is -0.940. The molecule has 0 spiro atoms. The van der Waals surface area contributed by atoms with Gasteiger partial charge in [0.05, 0.1) is 0 Å². The Morgan fingerprint density at radius 2 is 1.61 bits per heavy atom. The Morgan fingerprint density at radius 1 is 0.944 bits per heavy atom. The molecule has 0 radical (unpaired) electrons. The lowest BCUT2D eigenvalue weighted by Crippen LogP contribution is -1.88. The second-order valence-electron chi connectivity index (χ2n) is 3.63. The van der Waals surface area contributed by atoms with Gasteiger partial charge in [-0.3, -0.25) is 0 Å². The van der Waals surface area contributed by atoms with Crippen LogP contribution < -0.4 is 0 Å². The van der Waals surface area contributed by atoms with Crippen molar-refractivity contribution in [1.29, 1.82) is 0 Å². The summed E-state index contributed by atoms with van der Waals surface area (Å²) in [4.78, 5) is 0.440. The molecule has 5 heteroatoms. The smallest absolute Gasteiger partial charge is 0.128 e. The summed E-state index contributed by atoms with van der Waals surface area (Å²) in [7, 11) is 0. The Labute approximate surface area is 115 Å². The van der Waals surface area contributed by atoms with Crippen LogP contribution in [-0.4, -0.2) is 0 Å². The van der Waals surface area contributed by atoms with Crippen LogP contribution in [0.25, 0.3) is 0 Å². The minimum Gasteiger partial charge on any atom is -0.207 e. The van der Waals surface area contributed by atoms with Crippen molar-refractivity contribution >= 4 is 27.7 Å². The summed E-state index contributed by atoms with van der Waals surface area (Å²) in [5, 5.41) is 0. The van der Waals surface area contributed by atoms with Gasteiger partial charge in [0, 0.05) is 21.2 Å². The van der Waals surface area contributed by atoms with Gasteiger partial charge in [0.25, 0.3) is 0 Å². The van der Waals surface area contributed by atoms with Crippen molar-refractivity contribution in [3.05, 3.63) is 63.9 Å². The molecule has 0 amide bonds. The second kappa shape index (κ2) is 5.80. The van der Waals surface area contributed by atoms with Crippen molar-refractivity contribution in [3.63, 3.8) is 0 Å². The number of thioether (sulfide) groups is 1. The summed E-state index contributed by atoms with van der Waals surface area (Å²) in [5.74, 6) is -1.28. The highest BCUT2D eigenvalue weighted by molar-refractivity contribution is 9.10. The van der Waals surface area contributed by atoms with Crippen molar-refractivity contribution < 1.29 is 13.2 Å². The van der Waals surface area contributed by atoms with E-state index in [1.165, 1.54) is 30.0 Å². The molecule has 0 N–H and O–H groups in total. The number of hydrogen-bond donors (Lipinski definition) is 0. The van der Waals surface area contributed by atoms with Gasteiger partial charge in [-0.2, -0.15) is 0 Å². The van der Waals surface area contributed by atoms with Crippen LogP contribution in [0.5, 0.6) is 0 Å². The van der Waals surface area contributed by atoms with Crippen molar-refractivity contribution in [2.24, 2.45) is 0 Å². The van der Waals surface area contributed by atoms with Crippen LogP contribution in [0.1, 0.15) is 5.56 Å². The molecule has 2 rings (SSSR count). The monoisotopic (exact) mass is 332 g/mol. The fraction of sp³-hybridized carbons (Fsp3) is 0.0769. The SMILES string of the molecule is Fc1cc(F)cc(SCc2ccc(Br)cc2F)c1. The van der Waals surface area contributed by atoms with Crippen molar-refractivity contribution in [1.82, 2.24) is 0 Å². The van der Waals surface area contributed by atoms with E-state index in [0.717, 1.165) is 6.07 Å². The van der Waals surface area contributed by atoms with Crippen LogP contribution in [-0.2, 0) is 5.75 Å². The van der Waals surface area contributed by atoms with Crippen LogP contribution in [0.3, 0.4) is 0 Å². The van der Waals surface area contributed by atoms with Gasteiger partial charge in [0.2, 0.25) is 0 Å². The highest BCUT2D eigenvalue weighted by Crippen LogP contribution is 2.26. The molecule has 0 aliphatic rings. The molecule has 0 saturated carbocycles. The standard InChI is InChI=1S/C13H8BrF3S/c14-9-2-1-8(13(17)3-9)7-18-12-5-10(15)4-11(16)6-12/h1-6H,7H2. The molecule has 0 atom stereocenters. The molecular weight excluding hydrogens is 325 g/mol. The molecule has 0 nitrogen and oxygen atoms in total. The number of halogens is 4. The van der Waals surface area contributed by atoms with Crippen molar-refractivity contribution in [3.8, 4) is 0 Å². The molecule has 0 aliphatic heterocycles. The van der Waals surface area contributed by atoms with Gasteiger partial charge in [-0.1, -0.05) is 22.0 Å². The van der Waals surface area contributed by atoms with Gasteiger partial charge in [-0.15, -0.1) is 11.8 Å². The lowest BCUT2D eigenvalue weighted by atomic mass is 10.2. The fourth-order valence-electron chi connectivity index (χ4n) is 1.41. The molecule has 0 bridgehead atoms. The van der Waals surface area contributed by atoms with Crippen LogP contribution >= 0.6 is 27.7 Å². The zero-order valence-electron chi connectivity index (χ0n) is 9.09. The normalized spacial score (nSPS) is 10.7. The largest absolute Gasteiger partial charge is 0.207 e. The Morgan fingerprint density at radius 3 is 2.22 bits per heavy atom. The van der Waals surface area contributed by atoms with E-state index in [2.05, 4.69) is 15.9 Å². The van der Waals surface area contributed by atoms with E-state index in [4.69, 9.17) is 0 Å². The maximum Gasteiger partial charge on any atom is 0.128 e. The molecule has 2 aromatic rings. The lowest BCUT2D eigenvalue weighted by Gasteiger charge is -2.04. The fourth-order valence-corrected chi connectivity index (χ4v) is 2.69. The third kappa shape index (κ3) is 3.53. The van der Waals surface area contributed by atoms with Gasteiger partial charge >= 0.3 is 0 Å². The first kappa shape index (κ1) is 13.5. The summed E-state index contributed by atoms with van der Waals surface area (Å²) >= 11 is 4.35. The first-order chi connectivity index (χ1) is 8.54. The average molecular weight is 333 g/mol. The summed E-state index contributed by atoms with van der Waals surface area (Å²) < 4.78 is 40.1. The van der Waals surface area contributed by atoms with Gasteiger partial charge < -0.3 is 0 Å². The van der Waals surface area contributed by atoms with E-state index >= 15 is 0 Å². The van der Waals surface area contributed by atoms with Crippen molar-refractivity contribution in [2.45, 2.75) is 10.6 Å². The topological polar surface area (TPSA) is 0 Å². The van der Waals surface area contributed by atoms with Gasteiger partial charge in [0.1, 0.15) is 17.5 Å². The molecule has 0 saturated heterocycles. The van der Waals surface area contributed by atoms with E-state index in [9.17, 15) is 13.2 Å². The summed E-state index contributed by atoms with van der Waals surface area (Å²) in [5.41, 5.74) is 0.493. The Kier molecular flexibility index (Phi) is 4.35. The molecule has 0 fully saturated rings. The number of rotatable bonds is 3. The van der Waals surface area contributed by atoms with E-state index in [1.807, 2.05) is 0 Å². The third-order valence-corrected chi connectivity index (χ3v) is 3.76. The lowest BCUT2D eigenvalue weighted by molar-refractivity contribution is 0.577. The maximum absolute atomic E-state index is 13.5. The van der Waals surface area contributed by atoms with Crippen LogP contribution in [0.2, 0.25) is 0 Å². The molecule has 0 aliphatic carbocycles. The van der Waals surface area contributed by atoms with E-state index < -0.39 is 11.6 Å². The van der Waals surface area contributed by atoms with Crippen LogP contribution in [0.4, 0.5) is 13.2 Å². The zero-order chi connectivity index (χ0) is 13.1. The predicted molar refractivity (Wildman–Crippen MR) is 70.0 cm³/mol. The van der Waals surface area contributed by atoms with Crippen LogP contribution in [0.15, 0.2) is 45.8 Å². The Bertz CT molecular complexity index is 552.